The van der Waals surface area contributed by atoms with Gasteiger partial charge in [0, 0.05) is 11.6 Å². The number of benzene rings is 2. The minimum atomic E-state index is -1.17. The van der Waals surface area contributed by atoms with Crippen molar-refractivity contribution in [2.75, 3.05) is 6.54 Å². The number of H-pyrrole nitrogens is 1. The molecule has 0 saturated heterocycles. The van der Waals surface area contributed by atoms with Crippen molar-refractivity contribution in [3.05, 3.63) is 73.8 Å². The number of hydrogen-bond acceptors (Lipinski definition) is 3. The Morgan fingerprint density at radius 1 is 1.18 bits per heavy atom. The molecule has 0 fully saturated rings. The highest BCUT2D eigenvalue weighted by atomic mass is 35.5. The minimum absolute atomic E-state index is 0.0420. The smallest absolute Gasteiger partial charge is 0.258 e. The van der Waals surface area contributed by atoms with Gasteiger partial charge in [-0.25, -0.2) is 13.8 Å². The van der Waals surface area contributed by atoms with Gasteiger partial charge in [0.05, 0.1) is 28.0 Å². The lowest BCUT2D eigenvalue weighted by Crippen LogP contribution is -2.33. The summed E-state index contributed by atoms with van der Waals surface area (Å²) >= 11 is 11.9. The summed E-state index contributed by atoms with van der Waals surface area (Å²) in [6.07, 6.45) is 0.594. The van der Waals surface area contributed by atoms with E-state index in [2.05, 4.69) is 9.97 Å². The summed E-state index contributed by atoms with van der Waals surface area (Å²) < 4.78 is 26.9. The van der Waals surface area contributed by atoms with E-state index in [0.717, 1.165) is 12.1 Å². The largest absolute Gasteiger partial charge is 0.331 e. The van der Waals surface area contributed by atoms with E-state index in [0.29, 0.717) is 28.9 Å². The quantitative estimate of drug-likeness (QED) is 0.609. The highest BCUT2D eigenvalue weighted by Gasteiger charge is 2.21. The summed E-state index contributed by atoms with van der Waals surface area (Å²) in [6.45, 7) is 2.11. The van der Waals surface area contributed by atoms with Gasteiger partial charge in [0.1, 0.15) is 5.82 Å². The van der Waals surface area contributed by atoms with Gasteiger partial charge in [-0.05, 0) is 36.8 Å². The van der Waals surface area contributed by atoms with Crippen molar-refractivity contribution in [1.82, 2.24) is 14.9 Å². The van der Waals surface area contributed by atoms with Gasteiger partial charge in [0.25, 0.3) is 11.5 Å². The maximum Gasteiger partial charge on any atom is 0.258 e. The molecule has 0 spiro atoms. The summed E-state index contributed by atoms with van der Waals surface area (Å²) in [5.74, 6) is -2.67. The van der Waals surface area contributed by atoms with Crippen LogP contribution in [0.4, 0.5) is 8.78 Å². The lowest BCUT2D eigenvalue weighted by Gasteiger charge is -2.22. The van der Waals surface area contributed by atoms with Gasteiger partial charge in [-0.3, -0.25) is 9.59 Å². The molecule has 28 heavy (non-hydrogen) atoms. The molecule has 1 aromatic heterocycles. The van der Waals surface area contributed by atoms with Gasteiger partial charge in [-0.1, -0.05) is 30.1 Å². The van der Waals surface area contributed by atoms with Crippen LogP contribution in [0.2, 0.25) is 10.0 Å². The molecule has 3 aromatic rings. The van der Waals surface area contributed by atoms with E-state index in [-0.39, 0.29) is 28.5 Å². The molecule has 0 aliphatic rings. The monoisotopic (exact) mass is 425 g/mol. The molecule has 0 aliphatic carbocycles. The van der Waals surface area contributed by atoms with Crippen LogP contribution >= 0.6 is 23.2 Å². The number of hydrogen-bond donors (Lipinski definition) is 1. The first-order valence-electron chi connectivity index (χ1n) is 8.42. The Labute approximate surface area is 168 Å². The van der Waals surface area contributed by atoms with Gasteiger partial charge in [0.15, 0.2) is 11.6 Å². The third kappa shape index (κ3) is 4.15. The molecular formula is C19H15Cl2F2N3O2. The molecule has 0 saturated carbocycles. The Morgan fingerprint density at radius 3 is 2.61 bits per heavy atom. The molecule has 0 unspecified atom stereocenters. The van der Waals surface area contributed by atoms with E-state index in [9.17, 15) is 18.4 Å². The molecule has 0 atom stereocenters. The lowest BCUT2D eigenvalue weighted by atomic mass is 10.1. The van der Waals surface area contributed by atoms with Crippen LogP contribution < -0.4 is 5.56 Å². The van der Waals surface area contributed by atoms with Gasteiger partial charge >= 0.3 is 0 Å². The molecule has 1 amide bonds. The van der Waals surface area contributed by atoms with Crippen molar-refractivity contribution in [1.29, 1.82) is 0 Å². The zero-order valence-corrected chi connectivity index (χ0v) is 16.2. The van der Waals surface area contributed by atoms with Crippen molar-refractivity contribution in [2.45, 2.75) is 19.9 Å². The number of amides is 1. The topological polar surface area (TPSA) is 66.1 Å². The highest BCUT2D eigenvalue weighted by Crippen LogP contribution is 2.22. The van der Waals surface area contributed by atoms with Gasteiger partial charge < -0.3 is 9.88 Å². The van der Waals surface area contributed by atoms with Crippen LogP contribution in [-0.4, -0.2) is 27.3 Å². The number of rotatable bonds is 5. The second kappa shape index (κ2) is 8.24. The lowest BCUT2D eigenvalue weighted by molar-refractivity contribution is 0.0738. The molecule has 3 rings (SSSR count). The zero-order valence-electron chi connectivity index (χ0n) is 14.7. The summed E-state index contributed by atoms with van der Waals surface area (Å²) in [5, 5.41) is 0.591. The third-order valence-electron chi connectivity index (χ3n) is 4.08. The standard InChI is InChI=1S/C19H15Cl2F2N3O2/c1-2-5-26(19(28)12-7-14(22)15(23)8-13(12)21)9-17-24-16-6-10(20)3-4-11(16)18(27)25-17/h3-4,6-8H,2,5,9H2,1H3,(H,24,25,27). The Bertz CT molecular complexity index is 1120. The SMILES string of the molecule is CCCN(Cc1nc2cc(Cl)ccc2c(=O)[nH]1)C(=O)c1cc(F)c(F)cc1Cl. The van der Waals surface area contributed by atoms with Gasteiger partial charge in [0.2, 0.25) is 0 Å². The normalized spacial score (nSPS) is 11.0. The summed E-state index contributed by atoms with van der Waals surface area (Å²) in [7, 11) is 0. The summed E-state index contributed by atoms with van der Waals surface area (Å²) in [4.78, 5) is 33.4. The Morgan fingerprint density at radius 2 is 1.89 bits per heavy atom. The second-order valence-corrected chi connectivity index (χ2v) is 6.99. The molecule has 0 bridgehead atoms. The Kier molecular flexibility index (Phi) is 5.96. The van der Waals surface area contributed by atoms with Crippen LogP contribution in [0.5, 0.6) is 0 Å². The first-order valence-corrected chi connectivity index (χ1v) is 9.18. The van der Waals surface area contributed by atoms with Crippen LogP contribution in [0, 0.1) is 11.6 Å². The number of aromatic amines is 1. The molecule has 0 radical (unpaired) electrons. The van der Waals surface area contributed by atoms with Crippen molar-refractivity contribution < 1.29 is 13.6 Å². The van der Waals surface area contributed by atoms with Crippen LogP contribution in [0.1, 0.15) is 29.5 Å². The molecule has 2 aromatic carbocycles. The predicted octanol–water partition coefficient (Wildman–Crippen LogP) is 4.56. The van der Waals surface area contributed by atoms with Crippen LogP contribution in [-0.2, 0) is 6.54 Å². The number of fused-ring (bicyclic) bond motifs is 1. The predicted molar refractivity (Wildman–Crippen MR) is 104 cm³/mol. The molecule has 9 heteroatoms. The second-order valence-electron chi connectivity index (χ2n) is 6.15. The van der Waals surface area contributed by atoms with E-state index >= 15 is 0 Å². The molecule has 1 heterocycles. The van der Waals surface area contributed by atoms with Crippen molar-refractivity contribution >= 4 is 40.0 Å². The molecule has 146 valence electrons. The first kappa shape index (κ1) is 20.2. The van der Waals surface area contributed by atoms with E-state index in [1.54, 1.807) is 18.2 Å². The molecule has 0 aliphatic heterocycles. The van der Waals surface area contributed by atoms with Crippen LogP contribution in [0.15, 0.2) is 35.1 Å². The number of carbonyl (C=O) groups excluding carboxylic acids is 1. The highest BCUT2D eigenvalue weighted by molar-refractivity contribution is 6.33. The Balaban J connectivity index is 1.97. The van der Waals surface area contributed by atoms with E-state index in [4.69, 9.17) is 23.2 Å². The van der Waals surface area contributed by atoms with Gasteiger partial charge in [-0.15, -0.1) is 0 Å². The fourth-order valence-corrected chi connectivity index (χ4v) is 3.19. The number of nitrogens with zero attached hydrogens (tertiary/aromatic N) is 2. The summed E-state index contributed by atoms with van der Waals surface area (Å²) in [6, 6.07) is 6.21. The van der Waals surface area contributed by atoms with Crippen molar-refractivity contribution in [2.24, 2.45) is 0 Å². The van der Waals surface area contributed by atoms with Crippen LogP contribution in [0.25, 0.3) is 10.9 Å². The number of carbonyl (C=O) groups is 1. The average molecular weight is 426 g/mol. The number of nitrogens with one attached hydrogen (secondary N) is 1. The van der Waals surface area contributed by atoms with E-state index in [1.165, 1.54) is 4.90 Å². The minimum Gasteiger partial charge on any atom is -0.331 e. The maximum absolute atomic E-state index is 13.6. The molecule has 5 nitrogen and oxygen atoms in total. The number of aromatic nitrogens is 2. The first-order chi connectivity index (χ1) is 13.3. The molecular weight excluding hydrogens is 411 g/mol. The maximum atomic E-state index is 13.6. The Hall–Kier alpha value is -2.51. The van der Waals surface area contributed by atoms with E-state index in [1.807, 2.05) is 6.92 Å². The van der Waals surface area contributed by atoms with Gasteiger partial charge in [-0.2, -0.15) is 0 Å². The average Bonchev–Trinajstić information content (AvgIpc) is 2.63. The van der Waals surface area contributed by atoms with E-state index < -0.39 is 17.5 Å². The fourth-order valence-electron chi connectivity index (χ4n) is 2.80. The zero-order chi connectivity index (χ0) is 20.4. The van der Waals surface area contributed by atoms with Crippen LogP contribution in [0.3, 0.4) is 0 Å². The fraction of sp³-hybridized carbons (Fsp3) is 0.211. The third-order valence-corrected chi connectivity index (χ3v) is 4.63. The van der Waals surface area contributed by atoms with Crippen molar-refractivity contribution in [3.63, 3.8) is 0 Å². The van der Waals surface area contributed by atoms with Crippen molar-refractivity contribution in [3.8, 4) is 0 Å². The number of halogens is 4. The molecule has 1 N–H and O–H groups in total. The summed E-state index contributed by atoms with van der Waals surface area (Å²) in [5.41, 5.74) is -0.146.